The minimum atomic E-state index is -0.256. The van der Waals surface area contributed by atoms with Crippen LogP contribution in [0.4, 0.5) is 0 Å². The number of amides is 1. The second-order valence-electron chi connectivity index (χ2n) is 8.65. The molecule has 2 aliphatic rings. The lowest BCUT2D eigenvalue weighted by molar-refractivity contribution is 0.0715. The van der Waals surface area contributed by atoms with E-state index in [0.717, 1.165) is 31.6 Å². The van der Waals surface area contributed by atoms with Crippen molar-refractivity contribution in [3.05, 3.63) is 64.1 Å². The molecule has 0 radical (unpaired) electrons. The van der Waals surface area contributed by atoms with Crippen LogP contribution in [0.3, 0.4) is 0 Å². The van der Waals surface area contributed by atoms with Gasteiger partial charge in [0.15, 0.2) is 0 Å². The minimum absolute atomic E-state index is 0.143. The number of ether oxygens (including phenoxy) is 1. The molecule has 1 aromatic heterocycles. The largest absolute Gasteiger partial charge is 0.492 e. The molecule has 6 heteroatoms. The average molecular weight is 424 g/mol. The third kappa shape index (κ3) is 5.97. The monoisotopic (exact) mass is 423 g/mol. The van der Waals surface area contributed by atoms with Crippen molar-refractivity contribution in [1.82, 2.24) is 14.8 Å². The molecule has 0 spiro atoms. The summed E-state index contributed by atoms with van der Waals surface area (Å²) in [7, 11) is 0. The summed E-state index contributed by atoms with van der Waals surface area (Å²) in [6, 6.07) is 13.7. The zero-order valence-electron chi connectivity index (χ0n) is 18.2. The fourth-order valence-electron chi connectivity index (χ4n) is 4.75. The third-order valence-corrected chi connectivity index (χ3v) is 6.45. The number of aromatic nitrogens is 1. The number of pyridine rings is 1. The molecule has 2 bridgehead atoms. The Hall–Kier alpha value is -2.60. The first-order chi connectivity index (χ1) is 15.2. The van der Waals surface area contributed by atoms with Gasteiger partial charge in [0.1, 0.15) is 18.1 Å². The topological polar surface area (TPSA) is 65.6 Å². The first-order valence-corrected chi connectivity index (χ1v) is 11.6. The molecule has 31 heavy (non-hydrogen) atoms. The van der Waals surface area contributed by atoms with Gasteiger partial charge in [0.05, 0.1) is 6.54 Å². The van der Waals surface area contributed by atoms with Gasteiger partial charge in [-0.3, -0.25) is 9.59 Å². The van der Waals surface area contributed by atoms with E-state index in [4.69, 9.17) is 4.74 Å². The molecule has 1 amide bonds. The molecule has 166 valence electrons. The SMILES string of the molecule is O=C(c1cccc(=O)[nH]1)N1CCCCN2CCCCC2CCc2cccc(c2)OCC1. The summed E-state index contributed by atoms with van der Waals surface area (Å²) in [6.45, 7) is 3.86. The van der Waals surface area contributed by atoms with E-state index < -0.39 is 0 Å². The van der Waals surface area contributed by atoms with Gasteiger partial charge < -0.3 is 19.5 Å². The van der Waals surface area contributed by atoms with E-state index in [1.54, 1.807) is 12.1 Å². The highest BCUT2D eigenvalue weighted by Crippen LogP contribution is 2.23. The molecule has 1 atom stereocenters. The summed E-state index contributed by atoms with van der Waals surface area (Å²) in [6.07, 6.45) is 8.16. The number of benzene rings is 1. The van der Waals surface area contributed by atoms with E-state index in [9.17, 15) is 9.59 Å². The summed E-state index contributed by atoms with van der Waals surface area (Å²) < 4.78 is 5.99. The number of nitrogens with zero attached hydrogens (tertiary/aromatic N) is 2. The van der Waals surface area contributed by atoms with Crippen LogP contribution in [0.25, 0.3) is 0 Å². The lowest BCUT2D eigenvalue weighted by Crippen LogP contribution is -2.41. The van der Waals surface area contributed by atoms with Crippen LogP contribution in [-0.2, 0) is 6.42 Å². The van der Waals surface area contributed by atoms with Gasteiger partial charge in [0.25, 0.3) is 5.91 Å². The van der Waals surface area contributed by atoms with E-state index in [-0.39, 0.29) is 11.5 Å². The molecule has 0 aliphatic carbocycles. The number of nitrogens with one attached hydrogen (secondary N) is 1. The lowest BCUT2D eigenvalue weighted by atomic mass is 9.95. The van der Waals surface area contributed by atoms with Gasteiger partial charge >= 0.3 is 0 Å². The third-order valence-electron chi connectivity index (χ3n) is 6.45. The zero-order valence-corrected chi connectivity index (χ0v) is 18.2. The van der Waals surface area contributed by atoms with Crippen LogP contribution in [0.2, 0.25) is 0 Å². The van der Waals surface area contributed by atoms with Gasteiger partial charge in [-0.25, -0.2) is 0 Å². The van der Waals surface area contributed by atoms with Crippen molar-refractivity contribution in [3.8, 4) is 5.75 Å². The summed E-state index contributed by atoms with van der Waals surface area (Å²) in [5.41, 5.74) is 1.39. The van der Waals surface area contributed by atoms with Crippen molar-refractivity contribution in [2.24, 2.45) is 0 Å². The van der Waals surface area contributed by atoms with E-state index in [1.807, 2.05) is 11.0 Å². The van der Waals surface area contributed by atoms with Crippen LogP contribution in [0.15, 0.2) is 47.3 Å². The Kier molecular flexibility index (Phi) is 7.41. The van der Waals surface area contributed by atoms with Gasteiger partial charge in [-0.05, 0) is 75.4 Å². The van der Waals surface area contributed by atoms with E-state index in [1.165, 1.54) is 43.9 Å². The lowest BCUT2D eigenvalue weighted by Gasteiger charge is -2.36. The molecule has 3 heterocycles. The second-order valence-corrected chi connectivity index (χ2v) is 8.65. The molecule has 2 aromatic rings. The molecule has 0 saturated carbocycles. The number of carbonyl (C=O) groups is 1. The van der Waals surface area contributed by atoms with Crippen LogP contribution in [0.1, 0.15) is 54.6 Å². The van der Waals surface area contributed by atoms with E-state index in [0.29, 0.717) is 31.4 Å². The summed E-state index contributed by atoms with van der Waals surface area (Å²) in [5.74, 6) is 0.712. The molecule has 1 fully saturated rings. The highest BCUT2D eigenvalue weighted by atomic mass is 16.5. The predicted octanol–water partition coefficient (Wildman–Crippen LogP) is 3.48. The molecule has 1 N–H and O–H groups in total. The molecular weight excluding hydrogens is 390 g/mol. The molecule has 4 rings (SSSR count). The van der Waals surface area contributed by atoms with Gasteiger partial charge in [0, 0.05) is 18.7 Å². The highest BCUT2D eigenvalue weighted by molar-refractivity contribution is 5.92. The van der Waals surface area contributed by atoms with Crippen molar-refractivity contribution < 1.29 is 9.53 Å². The van der Waals surface area contributed by atoms with Gasteiger partial charge in [-0.15, -0.1) is 0 Å². The molecular formula is C25H33N3O3. The van der Waals surface area contributed by atoms with Crippen molar-refractivity contribution in [3.63, 3.8) is 0 Å². The Labute approximate surface area is 184 Å². The number of hydrogen-bond donors (Lipinski definition) is 1. The van der Waals surface area contributed by atoms with Gasteiger partial charge in [0.2, 0.25) is 5.56 Å². The second kappa shape index (κ2) is 10.6. The van der Waals surface area contributed by atoms with Crippen LogP contribution >= 0.6 is 0 Å². The van der Waals surface area contributed by atoms with Gasteiger partial charge in [-0.2, -0.15) is 0 Å². The fraction of sp³-hybridized carbons (Fsp3) is 0.520. The maximum atomic E-state index is 13.0. The van der Waals surface area contributed by atoms with Crippen LogP contribution in [0.5, 0.6) is 5.75 Å². The van der Waals surface area contributed by atoms with Crippen LogP contribution in [-0.4, -0.2) is 59.5 Å². The molecule has 1 saturated heterocycles. The number of hydrogen-bond acceptors (Lipinski definition) is 4. The number of rotatable bonds is 1. The Morgan fingerprint density at radius 2 is 1.74 bits per heavy atom. The molecule has 1 aromatic carbocycles. The van der Waals surface area contributed by atoms with Crippen molar-refractivity contribution >= 4 is 5.91 Å². The minimum Gasteiger partial charge on any atom is -0.492 e. The number of carbonyl (C=O) groups excluding carboxylic acids is 1. The summed E-state index contributed by atoms with van der Waals surface area (Å²) in [5, 5.41) is 0. The normalized spacial score (nSPS) is 21.3. The molecule has 1 unspecified atom stereocenters. The molecule has 2 aliphatic heterocycles. The van der Waals surface area contributed by atoms with E-state index in [2.05, 4.69) is 28.1 Å². The summed E-state index contributed by atoms with van der Waals surface area (Å²) in [4.78, 5) is 31.8. The van der Waals surface area contributed by atoms with Crippen molar-refractivity contribution in [2.75, 3.05) is 32.8 Å². The zero-order chi connectivity index (χ0) is 21.5. The number of aryl methyl sites for hydroxylation is 1. The maximum absolute atomic E-state index is 13.0. The van der Waals surface area contributed by atoms with Crippen LogP contribution < -0.4 is 10.3 Å². The quantitative estimate of drug-likeness (QED) is 0.763. The molecule has 6 nitrogen and oxygen atoms in total. The number of fused-ring (bicyclic) bond motifs is 3. The highest BCUT2D eigenvalue weighted by Gasteiger charge is 2.22. The average Bonchev–Trinajstić information content (AvgIpc) is 2.79. The summed E-state index contributed by atoms with van der Waals surface area (Å²) >= 11 is 0. The fourth-order valence-corrected chi connectivity index (χ4v) is 4.75. The van der Waals surface area contributed by atoms with E-state index >= 15 is 0 Å². The Bertz CT molecular complexity index is 926. The number of H-pyrrole nitrogens is 1. The van der Waals surface area contributed by atoms with Crippen molar-refractivity contribution in [2.45, 2.75) is 51.0 Å². The number of aromatic amines is 1. The first kappa shape index (κ1) is 21.6. The number of piperidine rings is 1. The first-order valence-electron chi connectivity index (χ1n) is 11.6. The Morgan fingerprint density at radius 1 is 0.935 bits per heavy atom. The Balaban J connectivity index is 1.50. The van der Waals surface area contributed by atoms with Crippen molar-refractivity contribution in [1.29, 1.82) is 0 Å². The van der Waals surface area contributed by atoms with Crippen LogP contribution in [0, 0.1) is 0 Å². The maximum Gasteiger partial charge on any atom is 0.270 e. The predicted molar refractivity (Wildman–Crippen MR) is 122 cm³/mol. The smallest absolute Gasteiger partial charge is 0.270 e. The van der Waals surface area contributed by atoms with Gasteiger partial charge in [-0.1, -0.05) is 24.6 Å². The Morgan fingerprint density at radius 3 is 2.61 bits per heavy atom. The standard InChI is InChI=1S/C25H33N3O3/c29-24-11-6-10-23(26-24)25(30)28-16-4-3-15-27-14-2-1-8-21(27)13-12-20-7-5-9-22(19-20)31-18-17-28/h5-7,9-11,19,21H,1-4,8,12-18H2,(H,26,29).